The van der Waals surface area contributed by atoms with Crippen LogP contribution in [0.25, 0.3) is 0 Å². The zero-order valence-corrected chi connectivity index (χ0v) is 12.1. The first kappa shape index (κ1) is 15.7. The van der Waals surface area contributed by atoms with Crippen LogP contribution in [0.3, 0.4) is 0 Å². The summed E-state index contributed by atoms with van der Waals surface area (Å²) in [6, 6.07) is 0.528. The van der Waals surface area contributed by atoms with E-state index in [4.69, 9.17) is 5.73 Å². The van der Waals surface area contributed by atoms with E-state index in [0.29, 0.717) is 31.4 Å². The Bertz CT molecular complexity index is 390. The van der Waals surface area contributed by atoms with Gasteiger partial charge < -0.3 is 20.5 Å². The van der Waals surface area contributed by atoms with Crippen LogP contribution < -0.4 is 11.1 Å². The molecule has 0 radical (unpaired) electrons. The highest BCUT2D eigenvalue weighted by molar-refractivity contribution is 5.91. The average molecular weight is 267 g/mol. The maximum Gasteiger partial charge on any atom is 0.271 e. The van der Waals surface area contributed by atoms with Crippen molar-refractivity contribution in [3.63, 3.8) is 0 Å². The van der Waals surface area contributed by atoms with Crippen molar-refractivity contribution >= 4 is 5.91 Å². The summed E-state index contributed by atoms with van der Waals surface area (Å²) in [7, 11) is 2.07. The summed E-state index contributed by atoms with van der Waals surface area (Å²) in [4.78, 5) is 18.1. The van der Waals surface area contributed by atoms with Crippen LogP contribution in [-0.2, 0) is 6.54 Å². The van der Waals surface area contributed by atoms with E-state index in [1.807, 2.05) is 4.57 Å². The number of aromatic nitrogens is 2. The molecule has 0 saturated carbocycles. The van der Waals surface area contributed by atoms with Gasteiger partial charge in [0.15, 0.2) is 0 Å². The molecule has 0 fully saturated rings. The summed E-state index contributed by atoms with van der Waals surface area (Å²) < 4.78 is 1.82. The van der Waals surface area contributed by atoms with Crippen molar-refractivity contribution in [1.82, 2.24) is 19.8 Å². The lowest BCUT2D eigenvalue weighted by molar-refractivity contribution is 0.0943. The van der Waals surface area contributed by atoms with Crippen LogP contribution in [-0.4, -0.2) is 53.1 Å². The van der Waals surface area contributed by atoms with Crippen LogP contribution in [0.15, 0.2) is 12.5 Å². The summed E-state index contributed by atoms with van der Waals surface area (Å²) in [5, 5.41) is 2.88. The van der Waals surface area contributed by atoms with E-state index in [9.17, 15) is 4.79 Å². The number of hydrogen-bond donors (Lipinski definition) is 2. The van der Waals surface area contributed by atoms with Crippen LogP contribution in [0.4, 0.5) is 0 Å². The lowest BCUT2D eigenvalue weighted by Crippen LogP contribution is -2.37. The summed E-state index contributed by atoms with van der Waals surface area (Å²) in [6.07, 6.45) is 4.46. The number of likely N-dealkylation sites (N-methyl/N-ethyl adjacent to an activating group) is 1. The summed E-state index contributed by atoms with van der Waals surface area (Å²) >= 11 is 0. The maximum absolute atomic E-state index is 11.8. The monoisotopic (exact) mass is 267 g/mol. The molecular formula is C13H25N5O. The fraction of sp³-hybridized carbons (Fsp3) is 0.692. The summed E-state index contributed by atoms with van der Waals surface area (Å²) in [5.74, 6) is -0.131. The minimum atomic E-state index is -0.131. The number of nitrogens with two attached hydrogens (primary N) is 1. The molecule has 0 bridgehead atoms. The number of hydrogen-bond acceptors (Lipinski definition) is 4. The van der Waals surface area contributed by atoms with Crippen molar-refractivity contribution in [2.75, 3.05) is 26.7 Å². The van der Waals surface area contributed by atoms with Crippen molar-refractivity contribution in [3.05, 3.63) is 18.2 Å². The molecule has 0 saturated heterocycles. The van der Waals surface area contributed by atoms with Crippen molar-refractivity contribution in [2.45, 2.75) is 32.9 Å². The molecule has 0 aromatic carbocycles. The Morgan fingerprint density at radius 1 is 1.63 bits per heavy atom. The third-order valence-electron chi connectivity index (χ3n) is 3.35. The standard InChI is InChI=1S/C13H25N5O/c1-4-11(2)17(3)8-6-15-13(19)12-9-18(7-5-14)10-16-12/h9-11H,4-8,14H2,1-3H3,(H,15,19). The maximum atomic E-state index is 11.8. The molecule has 0 aliphatic heterocycles. The molecule has 1 aromatic heterocycles. The van der Waals surface area contributed by atoms with Gasteiger partial charge in [-0.1, -0.05) is 6.92 Å². The number of carbonyl (C=O) groups excluding carboxylic acids is 1. The van der Waals surface area contributed by atoms with Crippen molar-refractivity contribution < 1.29 is 4.79 Å². The Kier molecular flexibility index (Phi) is 6.52. The van der Waals surface area contributed by atoms with Crippen LogP contribution >= 0.6 is 0 Å². The van der Waals surface area contributed by atoms with E-state index < -0.39 is 0 Å². The van der Waals surface area contributed by atoms with E-state index in [0.717, 1.165) is 13.0 Å². The lowest BCUT2D eigenvalue weighted by atomic mass is 10.2. The van der Waals surface area contributed by atoms with Crippen molar-refractivity contribution in [2.24, 2.45) is 5.73 Å². The molecule has 1 atom stereocenters. The summed E-state index contributed by atoms with van der Waals surface area (Å²) in [6.45, 7) is 7.02. The fourth-order valence-corrected chi connectivity index (χ4v) is 1.72. The molecule has 1 rings (SSSR count). The van der Waals surface area contributed by atoms with Crippen LogP contribution in [0.5, 0.6) is 0 Å². The summed E-state index contributed by atoms with van der Waals surface area (Å²) in [5.41, 5.74) is 5.89. The minimum Gasteiger partial charge on any atom is -0.349 e. The predicted molar refractivity (Wildman–Crippen MR) is 76.0 cm³/mol. The van der Waals surface area contributed by atoms with Gasteiger partial charge in [-0.05, 0) is 20.4 Å². The van der Waals surface area contributed by atoms with Gasteiger partial charge in [-0.2, -0.15) is 0 Å². The lowest BCUT2D eigenvalue weighted by Gasteiger charge is -2.23. The number of rotatable bonds is 8. The second kappa shape index (κ2) is 7.91. The quantitative estimate of drug-likeness (QED) is 0.710. The van der Waals surface area contributed by atoms with Gasteiger partial charge in [0.05, 0.1) is 6.33 Å². The van der Waals surface area contributed by atoms with Gasteiger partial charge in [-0.15, -0.1) is 0 Å². The molecule has 1 amide bonds. The van der Waals surface area contributed by atoms with Crippen LogP contribution in [0.1, 0.15) is 30.8 Å². The topological polar surface area (TPSA) is 76.2 Å². The highest BCUT2D eigenvalue weighted by Crippen LogP contribution is 1.99. The molecule has 0 aliphatic carbocycles. The highest BCUT2D eigenvalue weighted by atomic mass is 16.1. The highest BCUT2D eigenvalue weighted by Gasteiger charge is 2.10. The minimum absolute atomic E-state index is 0.131. The molecule has 0 spiro atoms. The van der Waals surface area contributed by atoms with E-state index in [2.05, 4.69) is 36.1 Å². The molecular weight excluding hydrogens is 242 g/mol. The Morgan fingerprint density at radius 2 is 2.37 bits per heavy atom. The normalized spacial score (nSPS) is 12.7. The fourth-order valence-electron chi connectivity index (χ4n) is 1.72. The number of carbonyl (C=O) groups is 1. The molecule has 3 N–H and O–H groups in total. The van der Waals surface area contributed by atoms with Gasteiger partial charge in [-0.3, -0.25) is 4.79 Å². The second-order valence-corrected chi connectivity index (χ2v) is 4.78. The number of nitrogens with zero attached hydrogens (tertiary/aromatic N) is 3. The molecule has 19 heavy (non-hydrogen) atoms. The third-order valence-corrected chi connectivity index (χ3v) is 3.35. The predicted octanol–water partition coefficient (Wildman–Crippen LogP) is 0.302. The molecule has 108 valence electrons. The van der Waals surface area contributed by atoms with E-state index in [1.165, 1.54) is 0 Å². The molecule has 6 nitrogen and oxygen atoms in total. The first-order valence-corrected chi connectivity index (χ1v) is 6.78. The van der Waals surface area contributed by atoms with Crippen molar-refractivity contribution in [3.8, 4) is 0 Å². The van der Waals surface area contributed by atoms with Gasteiger partial charge in [0.2, 0.25) is 0 Å². The number of nitrogens with one attached hydrogen (secondary N) is 1. The van der Waals surface area contributed by atoms with Gasteiger partial charge in [0.1, 0.15) is 5.69 Å². The van der Waals surface area contributed by atoms with E-state index in [-0.39, 0.29) is 5.91 Å². The van der Waals surface area contributed by atoms with Gasteiger partial charge in [0, 0.05) is 38.4 Å². The molecule has 6 heteroatoms. The Balaban J connectivity index is 2.34. The first-order valence-electron chi connectivity index (χ1n) is 6.78. The van der Waals surface area contributed by atoms with E-state index in [1.54, 1.807) is 12.5 Å². The van der Waals surface area contributed by atoms with Gasteiger partial charge >= 0.3 is 0 Å². The average Bonchev–Trinajstić information content (AvgIpc) is 2.86. The van der Waals surface area contributed by atoms with Crippen LogP contribution in [0.2, 0.25) is 0 Å². The van der Waals surface area contributed by atoms with Gasteiger partial charge in [0.25, 0.3) is 5.91 Å². The van der Waals surface area contributed by atoms with Crippen molar-refractivity contribution in [1.29, 1.82) is 0 Å². The molecule has 0 aliphatic rings. The number of imidazole rings is 1. The Hall–Kier alpha value is -1.40. The molecule has 1 aromatic rings. The third kappa shape index (κ3) is 5.00. The zero-order valence-electron chi connectivity index (χ0n) is 12.1. The SMILES string of the molecule is CCC(C)N(C)CCNC(=O)c1cn(CCN)cn1. The first-order chi connectivity index (χ1) is 9.08. The Labute approximate surface area is 115 Å². The zero-order chi connectivity index (χ0) is 14.3. The van der Waals surface area contributed by atoms with E-state index >= 15 is 0 Å². The second-order valence-electron chi connectivity index (χ2n) is 4.78. The Morgan fingerprint density at radius 3 is 3.00 bits per heavy atom. The smallest absolute Gasteiger partial charge is 0.271 e. The van der Waals surface area contributed by atoms with Crippen LogP contribution in [0, 0.1) is 0 Å². The molecule has 1 heterocycles. The number of amides is 1. The largest absolute Gasteiger partial charge is 0.349 e. The van der Waals surface area contributed by atoms with Gasteiger partial charge in [-0.25, -0.2) is 4.98 Å². The molecule has 1 unspecified atom stereocenters.